The maximum absolute atomic E-state index is 8.89. The van der Waals surface area contributed by atoms with Crippen LogP contribution in [0.5, 0.6) is 23.0 Å². The average Bonchev–Trinajstić information content (AvgIpc) is 2.82. The van der Waals surface area contributed by atoms with Crippen molar-refractivity contribution in [2.45, 2.75) is 0 Å². The minimum Gasteiger partial charge on any atom is -0.508 e. The molecule has 0 spiro atoms. The SMILES string of the molecule is Oc1cc(Cl)c(Cl)c(Cl)c1.Oc1cc(Cl)c(Cl)c(Cl)c1.Oc1cc(Cl)c(Cl)c(Cl)c1.Oc1ccc(Cl)cc1. The Morgan fingerprint density at radius 3 is 0.711 bits per heavy atom. The van der Waals surface area contributed by atoms with Crippen molar-refractivity contribution in [2.75, 3.05) is 0 Å². The minimum absolute atomic E-state index is 0.0133. The summed E-state index contributed by atoms with van der Waals surface area (Å²) in [4.78, 5) is 0. The summed E-state index contributed by atoms with van der Waals surface area (Å²) >= 11 is 55.5. The summed E-state index contributed by atoms with van der Waals surface area (Å²) in [5, 5.41) is 38.3. The van der Waals surface area contributed by atoms with E-state index in [2.05, 4.69) is 0 Å². The van der Waals surface area contributed by atoms with E-state index in [9.17, 15) is 0 Å². The molecule has 4 aromatic rings. The molecular formula is C24H14Cl10O4. The zero-order valence-corrected chi connectivity index (χ0v) is 25.9. The van der Waals surface area contributed by atoms with Gasteiger partial charge in [0.1, 0.15) is 23.0 Å². The van der Waals surface area contributed by atoms with E-state index in [0.29, 0.717) is 5.02 Å². The van der Waals surface area contributed by atoms with Gasteiger partial charge >= 0.3 is 0 Å². The van der Waals surface area contributed by atoms with E-state index in [1.165, 1.54) is 36.4 Å². The molecular weight excluding hydrogens is 707 g/mol. The maximum atomic E-state index is 8.89. The zero-order valence-electron chi connectivity index (χ0n) is 18.3. The summed E-state index contributed by atoms with van der Waals surface area (Å²) in [6, 6.07) is 14.3. The van der Waals surface area contributed by atoms with E-state index in [1.807, 2.05) is 0 Å². The van der Waals surface area contributed by atoms with Crippen molar-refractivity contribution in [3.63, 3.8) is 0 Å². The Morgan fingerprint density at radius 1 is 0.316 bits per heavy atom. The van der Waals surface area contributed by atoms with E-state index in [0.717, 1.165) is 0 Å². The van der Waals surface area contributed by atoms with Gasteiger partial charge in [-0.15, -0.1) is 0 Å². The van der Waals surface area contributed by atoms with Crippen LogP contribution in [0.1, 0.15) is 0 Å². The van der Waals surface area contributed by atoms with Crippen LogP contribution in [0.4, 0.5) is 0 Å². The molecule has 0 unspecified atom stereocenters. The molecule has 38 heavy (non-hydrogen) atoms. The van der Waals surface area contributed by atoms with Crippen LogP contribution < -0.4 is 0 Å². The van der Waals surface area contributed by atoms with Gasteiger partial charge in [-0.1, -0.05) is 116 Å². The highest BCUT2D eigenvalue weighted by Crippen LogP contribution is 2.35. The van der Waals surface area contributed by atoms with Crippen LogP contribution in [0.15, 0.2) is 60.7 Å². The Bertz CT molecular complexity index is 1140. The topological polar surface area (TPSA) is 80.9 Å². The molecule has 0 fully saturated rings. The predicted octanol–water partition coefficient (Wildman–Crippen LogP) is 12.1. The number of phenols is 4. The first-order valence-electron chi connectivity index (χ1n) is 9.57. The molecule has 0 amide bonds. The second kappa shape index (κ2) is 16.9. The number of rotatable bonds is 0. The highest BCUT2D eigenvalue weighted by Gasteiger charge is 2.05. The van der Waals surface area contributed by atoms with Crippen molar-refractivity contribution in [1.29, 1.82) is 0 Å². The third-order valence-corrected chi connectivity index (χ3v) is 7.57. The van der Waals surface area contributed by atoms with Crippen LogP contribution in [-0.4, -0.2) is 20.4 Å². The largest absolute Gasteiger partial charge is 0.508 e. The van der Waals surface area contributed by atoms with Gasteiger partial charge in [0.2, 0.25) is 0 Å². The summed E-state index contributed by atoms with van der Waals surface area (Å²) in [6.45, 7) is 0. The quantitative estimate of drug-likeness (QED) is 0.136. The van der Waals surface area contributed by atoms with Crippen molar-refractivity contribution in [3.8, 4) is 23.0 Å². The van der Waals surface area contributed by atoms with Crippen LogP contribution in [0.25, 0.3) is 0 Å². The van der Waals surface area contributed by atoms with E-state index in [4.69, 9.17) is 136 Å². The average molecular weight is 721 g/mol. The summed E-state index contributed by atoms with van der Waals surface area (Å²) < 4.78 is 0. The molecule has 0 saturated heterocycles. The number of aromatic hydroxyl groups is 4. The lowest BCUT2D eigenvalue weighted by Crippen LogP contribution is -1.71. The second-order valence-electron chi connectivity index (χ2n) is 6.65. The van der Waals surface area contributed by atoms with Gasteiger partial charge in [0.05, 0.1) is 45.2 Å². The molecule has 0 aliphatic heterocycles. The van der Waals surface area contributed by atoms with Crippen molar-refractivity contribution in [2.24, 2.45) is 0 Å². The Balaban J connectivity index is 0.000000254. The number of halogens is 10. The lowest BCUT2D eigenvalue weighted by molar-refractivity contribution is 0.475. The molecule has 204 valence electrons. The molecule has 4 N–H and O–H groups in total. The molecule has 0 radical (unpaired) electrons. The Kier molecular flexibility index (Phi) is 15.6. The molecule has 14 heteroatoms. The normalized spacial score (nSPS) is 9.74. The first-order valence-corrected chi connectivity index (χ1v) is 13.3. The predicted molar refractivity (Wildman–Crippen MR) is 163 cm³/mol. The van der Waals surface area contributed by atoms with Gasteiger partial charge < -0.3 is 20.4 Å². The van der Waals surface area contributed by atoms with E-state index < -0.39 is 0 Å². The van der Waals surface area contributed by atoms with Crippen LogP contribution >= 0.6 is 116 Å². The number of hydrogen-bond acceptors (Lipinski definition) is 4. The lowest BCUT2D eigenvalue weighted by atomic mass is 10.3. The molecule has 0 atom stereocenters. The molecule has 0 aromatic heterocycles. The third kappa shape index (κ3) is 12.4. The number of benzene rings is 4. The van der Waals surface area contributed by atoms with Crippen molar-refractivity contribution >= 4 is 116 Å². The molecule has 0 heterocycles. The molecule has 4 nitrogen and oxygen atoms in total. The number of hydrogen-bond donors (Lipinski definition) is 4. The standard InChI is InChI=1S/3C6H3Cl3O.C6H5ClO/c3*7-4-1-3(10)2-5(8)6(4)9;7-5-1-3-6(8)4-2-5/h3*1-2,10H;1-4,8H. The van der Waals surface area contributed by atoms with Gasteiger partial charge in [0.15, 0.2) is 0 Å². The van der Waals surface area contributed by atoms with Gasteiger partial charge in [-0.2, -0.15) is 0 Å². The Labute approximate surface area is 268 Å². The van der Waals surface area contributed by atoms with E-state index in [1.54, 1.807) is 24.3 Å². The molecule has 0 saturated carbocycles. The van der Waals surface area contributed by atoms with Gasteiger partial charge in [-0.3, -0.25) is 0 Å². The molecule has 0 aliphatic carbocycles. The Morgan fingerprint density at radius 2 is 0.526 bits per heavy atom. The van der Waals surface area contributed by atoms with Crippen LogP contribution in [0.2, 0.25) is 50.2 Å². The van der Waals surface area contributed by atoms with Crippen molar-refractivity contribution < 1.29 is 20.4 Å². The fourth-order valence-corrected chi connectivity index (χ4v) is 3.95. The Hall–Kier alpha value is -1.02. The van der Waals surface area contributed by atoms with Crippen LogP contribution in [0.3, 0.4) is 0 Å². The lowest BCUT2D eigenvalue weighted by Gasteiger charge is -1.98. The summed E-state index contributed by atoms with van der Waals surface area (Å²) in [5.74, 6) is 0.285. The first kappa shape index (κ1) is 35.0. The second-order valence-corrected chi connectivity index (χ2v) is 10.7. The third-order valence-electron chi connectivity index (χ3n) is 3.73. The van der Waals surface area contributed by atoms with Crippen LogP contribution in [-0.2, 0) is 0 Å². The van der Waals surface area contributed by atoms with E-state index in [-0.39, 0.29) is 68.2 Å². The van der Waals surface area contributed by atoms with Gasteiger partial charge in [0.25, 0.3) is 0 Å². The van der Waals surface area contributed by atoms with Gasteiger partial charge in [-0.25, -0.2) is 0 Å². The summed E-state index contributed by atoms with van der Waals surface area (Å²) in [6.07, 6.45) is 0. The molecule has 0 bridgehead atoms. The fourth-order valence-electron chi connectivity index (χ4n) is 2.07. The highest BCUT2D eigenvalue weighted by atomic mass is 35.5. The summed E-state index contributed by atoms with van der Waals surface area (Å²) in [5.41, 5.74) is 0. The smallest absolute Gasteiger partial charge is 0.118 e. The first-order chi connectivity index (χ1) is 17.6. The molecule has 0 aliphatic rings. The summed E-state index contributed by atoms with van der Waals surface area (Å²) in [7, 11) is 0. The number of phenolic OH excluding ortho intramolecular Hbond substituents is 4. The van der Waals surface area contributed by atoms with Crippen LogP contribution in [0, 0.1) is 0 Å². The zero-order chi connectivity index (χ0) is 29.2. The molecule has 4 aromatic carbocycles. The van der Waals surface area contributed by atoms with E-state index >= 15 is 0 Å². The monoisotopic (exact) mass is 716 g/mol. The highest BCUT2D eigenvalue weighted by molar-refractivity contribution is 6.49. The minimum atomic E-state index is 0.0133. The van der Waals surface area contributed by atoms with Gasteiger partial charge in [-0.05, 0) is 24.3 Å². The fraction of sp³-hybridized carbons (Fsp3) is 0. The molecule has 4 rings (SSSR count). The maximum Gasteiger partial charge on any atom is 0.118 e. The van der Waals surface area contributed by atoms with Crippen molar-refractivity contribution in [1.82, 2.24) is 0 Å². The van der Waals surface area contributed by atoms with Gasteiger partial charge in [0, 0.05) is 41.4 Å². The van der Waals surface area contributed by atoms with Crippen molar-refractivity contribution in [3.05, 3.63) is 111 Å².